The first-order valence-corrected chi connectivity index (χ1v) is 24.0. The zero-order valence-corrected chi connectivity index (χ0v) is 37.3. The van der Waals surface area contributed by atoms with Gasteiger partial charge < -0.3 is 0 Å². The molecule has 4 aromatic carbocycles. The van der Waals surface area contributed by atoms with Crippen LogP contribution in [0.25, 0.3) is 33.4 Å². The van der Waals surface area contributed by atoms with E-state index in [0.29, 0.717) is 0 Å². The second-order valence-electron chi connectivity index (χ2n) is 18.5. The van der Waals surface area contributed by atoms with Gasteiger partial charge in [0.05, 0.1) is 0 Å². The molecule has 55 heavy (non-hydrogen) atoms. The molecular weight excluding hydrogens is 728 g/mol. The fraction of sp³-hybridized carbons (Fsp3) is 0.556. The SMILES string of the molecule is CCCCCCC1(CCCCCC)c2ccccc2-c2ccc(-c3ccc4c(c3)C(CCCCCC)(CCCCCCBr)c3cc(C(C)(C)C)ccc3-4)cc21. The lowest BCUT2D eigenvalue weighted by atomic mass is 9.69. The van der Waals surface area contributed by atoms with Crippen LogP contribution in [-0.2, 0) is 16.2 Å². The standard InChI is InChI=1S/C54H73Br/c1-7-10-13-20-33-53(34-21-14-11-8-2)48-26-19-18-25-44(48)45-30-27-41(38-49(45)53)42-28-31-46-47-32-29-43(52(4,5)6)40-51(47)54(50(46)39-42,35-22-15-12-9-3)36-23-16-17-24-37-55/h18-19,25-32,38-40H,7-17,20-24,33-37H2,1-6H3. The molecule has 0 amide bonds. The van der Waals surface area contributed by atoms with Crippen molar-refractivity contribution in [3.63, 3.8) is 0 Å². The summed E-state index contributed by atoms with van der Waals surface area (Å²) in [5.74, 6) is 0. The van der Waals surface area contributed by atoms with Crippen LogP contribution in [0.15, 0.2) is 78.9 Å². The fourth-order valence-electron chi connectivity index (χ4n) is 10.5. The van der Waals surface area contributed by atoms with Crippen molar-refractivity contribution >= 4 is 15.9 Å². The van der Waals surface area contributed by atoms with Crippen molar-refractivity contribution in [3.8, 4) is 33.4 Å². The summed E-state index contributed by atoms with van der Waals surface area (Å²) in [5.41, 5.74) is 17.0. The van der Waals surface area contributed by atoms with Gasteiger partial charge in [0.15, 0.2) is 0 Å². The highest BCUT2D eigenvalue weighted by molar-refractivity contribution is 9.09. The molecule has 0 saturated heterocycles. The minimum Gasteiger partial charge on any atom is -0.0928 e. The molecule has 0 radical (unpaired) electrons. The van der Waals surface area contributed by atoms with E-state index in [0.717, 1.165) is 5.33 Å². The van der Waals surface area contributed by atoms with Crippen molar-refractivity contribution in [2.24, 2.45) is 0 Å². The van der Waals surface area contributed by atoms with Crippen LogP contribution < -0.4 is 0 Å². The first-order valence-electron chi connectivity index (χ1n) is 22.8. The van der Waals surface area contributed by atoms with Crippen LogP contribution in [0.1, 0.15) is 198 Å². The van der Waals surface area contributed by atoms with Crippen LogP contribution in [0, 0.1) is 0 Å². The summed E-state index contributed by atoms with van der Waals surface area (Å²) < 4.78 is 0. The molecule has 0 bridgehead atoms. The highest BCUT2D eigenvalue weighted by atomic mass is 79.9. The van der Waals surface area contributed by atoms with Gasteiger partial charge in [-0.3, -0.25) is 0 Å². The molecular formula is C54H73Br. The molecule has 1 atom stereocenters. The second-order valence-corrected chi connectivity index (χ2v) is 19.3. The van der Waals surface area contributed by atoms with E-state index in [2.05, 4.69) is 136 Å². The van der Waals surface area contributed by atoms with Crippen molar-refractivity contribution in [2.45, 2.75) is 186 Å². The minimum atomic E-state index is 0.0688. The Bertz CT molecular complexity index is 1820. The van der Waals surface area contributed by atoms with Crippen LogP contribution in [0.4, 0.5) is 0 Å². The Morgan fingerprint density at radius 3 is 1.29 bits per heavy atom. The number of alkyl halides is 1. The largest absolute Gasteiger partial charge is 0.0928 e. The predicted molar refractivity (Wildman–Crippen MR) is 246 cm³/mol. The van der Waals surface area contributed by atoms with Gasteiger partial charge in [-0.25, -0.2) is 0 Å². The third-order valence-corrected chi connectivity index (χ3v) is 14.2. The minimum absolute atomic E-state index is 0.0688. The van der Waals surface area contributed by atoms with Gasteiger partial charge in [0.1, 0.15) is 0 Å². The highest BCUT2D eigenvalue weighted by Gasteiger charge is 2.44. The van der Waals surface area contributed by atoms with E-state index < -0.39 is 0 Å². The maximum atomic E-state index is 3.70. The molecule has 0 aliphatic heterocycles. The molecule has 2 aliphatic carbocycles. The molecule has 0 nitrogen and oxygen atoms in total. The molecule has 1 unspecified atom stereocenters. The molecule has 0 N–H and O–H groups in total. The van der Waals surface area contributed by atoms with Gasteiger partial charge in [0.2, 0.25) is 0 Å². The zero-order valence-electron chi connectivity index (χ0n) is 35.7. The van der Waals surface area contributed by atoms with E-state index in [1.54, 1.807) is 22.3 Å². The number of unbranched alkanes of at least 4 members (excludes halogenated alkanes) is 12. The molecule has 2 aliphatic rings. The van der Waals surface area contributed by atoms with E-state index in [1.165, 1.54) is 167 Å². The number of rotatable bonds is 22. The zero-order chi connectivity index (χ0) is 38.9. The van der Waals surface area contributed by atoms with Crippen LogP contribution in [0.5, 0.6) is 0 Å². The summed E-state index contributed by atoms with van der Waals surface area (Å²) in [4.78, 5) is 0. The van der Waals surface area contributed by atoms with E-state index >= 15 is 0 Å². The summed E-state index contributed by atoms with van der Waals surface area (Å²) in [6.45, 7) is 14.2. The molecule has 1 heteroatoms. The molecule has 296 valence electrons. The first kappa shape index (κ1) is 42.0. The average Bonchev–Trinajstić information content (AvgIpc) is 3.62. The van der Waals surface area contributed by atoms with Crippen LogP contribution in [-0.4, -0.2) is 5.33 Å². The van der Waals surface area contributed by atoms with Crippen molar-refractivity contribution in [1.82, 2.24) is 0 Å². The van der Waals surface area contributed by atoms with Gasteiger partial charge in [-0.1, -0.05) is 221 Å². The Balaban J connectivity index is 1.47. The smallest absolute Gasteiger partial charge is 0.0215 e. The van der Waals surface area contributed by atoms with Gasteiger partial charge in [-0.15, -0.1) is 0 Å². The van der Waals surface area contributed by atoms with Crippen molar-refractivity contribution in [3.05, 3.63) is 107 Å². The number of hydrogen-bond donors (Lipinski definition) is 0. The summed E-state index contributed by atoms with van der Waals surface area (Å²) in [5, 5.41) is 1.11. The third-order valence-electron chi connectivity index (χ3n) is 13.7. The van der Waals surface area contributed by atoms with Crippen LogP contribution >= 0.6 is 15.9 Å². The highest BCUT2D eigenvalue weighted by Crippen LogP contribution is 2.57. The van der Waals surface area contributed by atoms with Crippen molar-refractivity contribution in [1.29, 1.82) is 0 Å². The summed E-state index contributed by atoms with van der Waals surface area (Å²) in [6, 6.07) is 32.3. The topological polar surface area (TPSA) is 0 Å². The Kier molecular flexibility index (Phi) is 14.7. The fourth-order valence-corrected chi connectivity index (χ4v) is 10.9. The van der Waals surface area contributed by atoms with Crippen molar-refractivity contribution in [2.75, 3.05) is 5.33 Å². The normalized spacial score (nSPS) is 16.6. The van der Waals surface area contributed by atoms with E-state index in [1.807, 2.05) is 0 Å². The average molecular weight is 802 g/mol. The Labute approximate surface area is 345 Å². The summed E-state index contributed by atoms with van der Waals surface area (Å²) >= 11 is 3.70. The Morgan fingerprint density at radius 2 is 0.818 bits per heavy atom. The third kappa shape index (κ3) is 8.93. The van der Waals surface area contributed by atoms with E-state index in [-0.39, 0.29) is 16.2 Å². The number of hydrogen-bond acceptors (Lipinski definition) is 0. The quantitative estimate of drug-likeness (QED) is 0.0549. The number of halogens is 1. The first-order chi connectivity index (χ1) is 26.7. The molecule has 6 rings (SSSR count). The van der Waals surface area contributed by atoms with Crippen LogP contribution in [0.2, 0.25) is 0 Å². The van der Waals surface area contributed by atoms with Crippen molar-refractivity contribution < 1.29 is 0 Å². The summed E-state index contributed by atoms with van der Waals surface area (Å²) in [6.07, 6.45) is 26.0. The molecule has 0 fully saturated rings. The monoisotopic (exact) mass is 800 g/mol. The number of benzene rings is 4. The molecule has 0 heterocycles. The lowest BCUT2D eigenvalue weighted by molar-refractivity contribution is 0.400. The molecule has 0 saturated carbocycles. The predicted octanol–water partition coefficient (Wildman–Crippen LogP) is 17.4. The Hall–Kier alpha value is -2.64. The molecule has 0 spiro atoms. The maximum Gasteiger partial charge on any atom is 0.0215 e. The van der Waals surface area contributed by atoms with Gasteiger partial charge >= 0.3 is 0 Å². The lowest BCUT2D eigenvalue weighted by Crippen LogP contribution is -2.26. The molecule has 0 aromatic heterocycles. The van der Waals surface area contributed by atoms with Gasteiger partial charge in [0, 0.05) is 16.2 Å². The van der Waals surface area contributed by atoms with Gasteiger partial charge in [-0.2, -0.15) is 0 Å². The van der Waals surface area contributed by atoms with Gasteiger partial charge in [-0.05, 0) is 111 Å². The maximum absolute atomic E-state index is 3.70. The lowest BCUT2D eigenvalue weighted by Gasteiger charge is -2.34. The Morgan fingerprint density at radius 1 is 0.418 bits per heavy atom. The van der Waals surface area contributed by atoms with E-state index in [4.69, 9.17) is 0 Å². The van der Waals surface area contributed by atoms with Gasteiger partial charge in [0.25, 0.3) is 0 Å². The summed E-state index contributed by atoms with van der Waals surface area (Å²) in [7, 11) is 0. The van der Waals surface area contributed by atoms with Crippen LogP contribution in [0.3, 0.4) is 0 Å². The molecule has 4 aromatic rings. The van der Waals surface area contributed by atoms with E-state index in [9.17, 15) is 0 Å². The second kappa shape index (κ2) is 19.2. The number of fused-ring (bicyclic) bond motifs is 6.